The van der Waals surface area contributed by atoms with Gasteiger partial charge in [0.05, 0.1) is 0 Å². The zero-order valence-corrected chi connectivity index (χ0v) is 7.00. The smallest absolute Gasteiger partial charge is 0 e. The molecule has 0 aromatic heterocycles. The topological polar surface area (TPSA) is 252 Å². The summed E-state index contributed by atoms with van der Waals surface area (Å²) in [5.74, 6) is 0. The molecule has 0 aliphatic rings. The van der Waals surface area contributed by atoms with E-state index in [0.29, 0.717) is 0 Å². The van der Waals surface area contributed by atoms with E-state index < -0.39 is 0 Å². The number of hydrogen-bond donors (Lipinski definition) is 0. The fourth-order valence-electron chi connectivity index (χ4n) is 0. The van der Waals surface area contributed by atoms with Gasteiger partial charge in [0.2, 0.25) is 0 Å². The molecule has 0 heterocycles. The predicted molar refractivity (Wildman–Crippen MR) is 34.7 cm³/mol. The summed E-state index contributed by atoms with van der Waals surface area (Å²) in [5, 5.41) is 0. The maximum atomic E-state index is 0. The quantitative estimate of drug-likeness (QED) is 0.370. The Labute approximate surface area is 68.8 Å². The first-order chi connectivity index (χ1) is 0. The van der Waals surface area contributed by atoms with Gasteiger partial charge >= 0.3 is 0 Å². The van der Waals surface area contributed by atoms with Gasteiger partial charge in [-0.05, 0) is 0 Å². The van der Waals surface area contributed by atoms with Gasteiger partial charge in [0.25, 0.3) is 0 Å². The summed E-state index contributed by atoms with van der Waals surface area (Å²) >= 11 is 0. The van der Waals surface area contributed by atoms with Crippen molar-refractivity contribution in [2.24, 2.45) is 0 Å². The van der Waals surface area contributed by atoms with Crippen LogP contribution < -0.4 is 0 Å². The van der Waals surface area contributed by atoms with Crippen molar-refractivity contribution in [1.29, 1.82) is 0 Å². The molecular weight excluding hydrogens is 250 g/mol. The Morgan fingerprint density at radius 2 is 0.222 bits per heavy atom. The van der Waals surface area contributed by atoms with Gasteiger partial charge in [-0.15, -0.1) is 0 Å². The van der Waals surface area contributed by atoms with Crippen molar-refractivity contribution in [2.45, 2.75) is 0 Å². The van der Waals surface area contributed by atoms with Crippen molar-refractivity contribution in [3.8, 4) is 0 Å². The van der Waals surface area contributed by atoms with Gasteiger partial charge in [-0.3, -0.25) is 0 Å². The third kappa shape index (κ3) is 1450. The summed E-state index contributed by atoms with van der Waals surface area (Å²) in [6, 6.07) is 0. The van der Waals surface area contributed by atoms with E-state index in [0.717, 1.165) is 0 Å². The normalized spacial score (nSPS) is 0. The molecule has 0 amide bonds. The first-order valence-electron chi connectivity index (χ1n) is 0. The molecule has 0 aliphatic heterocycles. The second-order valence-electron chi connectivity index (χ2n) is 0. The number of rotatable bonds is 0. The number of hydrogen-bond acceptors (Lipinski definition) is 0. The van der Waals surface area contributed by atoms with E-state index in [1.807, 2.05) is 0 Å². The van der Waals surface area contributed by atoms with Crippen molar-refractivity contribution < 1.29 is 43.8 Å². The summed E-state index contributed by atoms with van der Waals surface area (Å²) in [5.41, 5.74) is 0. The Balaban J connectivity index is 0. The molecule has 9 heteroatoms. The summed E-state index contributed by atoms with van der Waals surface area (Å²) < 4.78 is 0. The molecule has 69 valence electrons. The molecule has 0 aliphatic carbocycles. The molecule has 16 N–H and O–H groups in total. The van der Waals surface area contributed by atoms with Crippen molar-refractivity contribution in [3.63, 3.8) is 0 Å². The maximum absolute atomic E-state index is 0. The van der Waals surface area contributed by atoms with Crippen molar-refractivity contribution in [2.75, 3.05) is 0 Å². The zero-order valence-electron chi connectivity index (χ0n) is 4.45. The summed E-state index contributed by atoms with van der Waals surface area (Å²) in [6.07, 6.45) is 0. The van der Waals surface area contributed by atoms with Gasteiger partial charge in [0, 0.05) is 24.4 Å². The molecule has 3 radical (unpaired) electrons. The molecule has 0 spiro atoms. The molecule has 0 saturated carbocycles. The van der Waals surface area contributed by atoms with Crippen LogP contribution in [-0.4, -0.2) is 68.2 Å². The van der Waals surface area contributed by atoms with E-state index in [-0.39, 0.29) is 68.2 Å². The molecule has 9 heavy (non-hydrogen) atoms. The standard InChI is InChI=1S/8H2O.Sb/h8*1H2;. The Morgan fingerprint density at radius 1 is 0.222 bits per heavy atom. The van der Waals surface area contributed by atoms with E-state index in [1.165, 1.54) is 0 Å². The van der Waals surface area contributed by atoms with Crippen LogP contribution in [0.4, 0.5) is 0 Å². The Hall–Kier alpha value is 0.498. The largest absolute Gasteiger partial charge is 0.412 e. The third-order valence-electron chi connectivity index (χ3n) is 0. The first kappa shape index (κ1) is 2760. The SMILES string of the molecule is O.O.O.O.O.O.O.O.[Sb]. The Morgan fingerprint density at radius 3 is 0.222 bits per heavy atom. The monoisotopic (exact) mass is 265 g/mol. The van der Waals surface area contributed by atoms with Crippen LogP contribution in [0.1, 0.15) is 0 Å². The maximum Gasteiger partial charge on any atom is 0 e. The van der Waals surface area contributed by atoms with Crippen LogP contribution in [0.5, 0.6) is 0 Å². The molecule has 0 saturated heterocycles. The van der Waals surface area contributed by atoms with Crippen LogP contribution in [0, 0.1) is 0 Å². The fraction of sp³-hybridized carbons (Fsp3) is 0. The second kappa shape index (κ2) is 1930. The third-order valence-corrected chi connectivity index (χ3v) is 0. The van der Waals surface area contributed by atoms with E-state index in [2.05, 4.69) is 0 Å². The molecule has 8 nitrogen and oxygen atoms in total. The van der Waals surface area contributed by atoms with Gasteiger partial charge < -0.3 is 43.8 Å². The van der Waals surface area contributed by atoms with Crippen LogP contribution in [0.2, 0.25) is 0 Å². The van der Waals surface area contributed by atoms with Crippen molar-refractivity contribution in [1.82, 2.24) is 0 Å². The minimum absolute atomic E-state index is 0. The van der Waals surface area contributed by atoms with Crippen molar-refractivity contribution in [3.05, 3.63) is 0 Å². The summed E-state index contributed by atoms with van der Waals surface area (Å²) in [4.78, 5) is 0. The van der Waals surface area contributed by atoms with Crippen LogP contribution in [0.3, 0.4) is 0 Å². The van der Waals surface area contributed by atoms with Gasteiger partial charge in [-0.2, -0.15) is 0 Å². The summed E-state index contributed by atoms with van der Waals surface area (Å²) in [6.45, 7) is 0. The molecule has 0 unspecified atom stereocenters. The molecule has 0 rings (SSSR count). The van der Waals surface area contributed by atoms with Crippen LogP contribution >= 0.6 is 0 Å². The molecule has 0 atom stereocenters. The van der Waals surface area contributed by atoms with E-state index in [4.69, 9.17) is 0 Å². The van der Waals surface area contributed by atoms with Gasteiger partial charge in [-0.1, -0.05) is 0 Å². The average molecular weight is 266 g/mol. The predicted octanol–water partition coefficient (Wildman–Crippen LogP) is -6.98. The van der Waals surface area contributed by atoms with Gasteiger partial charge in [0.15, 0.2) is 0 Å². The molecule has 0 aromatic carbocycles. The van der Waals surface area contributed by atoms with Crippen molar-refractivity contribution >= 4 is 24.4 Å². The zero-order chi connectivity index (χ0) is 0. The van der Waals surface area contributed by atoms with E-state index >= 15 is 0 Å². The second-order valence-corrected chi connectivity index (χ2v) is 0. The molecular formula is H16O8Sb. The van der Waals surface area contributed by atoms with E-state index in [9.17, 15) is 0 Å². The van der Waals surface area contributed by atoms with Gasteiger partial charge in [-0.25, -0.2) is 0 Å². The minimum Gasteiger partial charge on any atom is -0.412 e. The van der Waals surface area contributed by atoms with Crippen LogP contribution in [-0.2, 0) is 0 Å². The molecule has 0 fully saturated rings. The minimum atomic E-state index is 0. The molecule has 0 bridgehead atoms. The average Bonchev–Trinajstić information content (AvgIpc) is 0. The first-order valence-corrected chi connectivity index (χ1v) is 0. The van der Waals surface area contributed by atoms with E-state index in [1.54, 1.807) is 0 Å². The van der Waals surface area contributed by atoms with Crippen LogP contribution in [0.25, 0.3) is 0 Å². The molecule has 0 aromatic rings. The summed E-state index contributed by atoms with van der Waals surface area (Å²) in [7, 11) is 0. The Bertz CT molecular complexity index is 4.53. The van der Waals surface area contributed by atoms with Gasteiger partial charge in [0.1, 0.15) is 0 Å². The van der Waals surface area contributed by atoms with Crippen LogP contribution in [0.15, 0.2) is 0 Å². The fourth-order valence-corrected chi connectivity index (χ4v) is 0. The Kier molecular flexibility index (Phi) is 591000.